The van der Waals surface area contributed by atoms with Gasteiger partial charge in [-0.05, 0) is 10.9 Å². The van der Waals surface area contributed by atoms with Crippen molar-refractivity contribution in [1.82, 2.24) is 0 Å². The molecule has 0 fully saturated rings. The summed E-state index contributed by atoms with van der Waals surface area (Å²) in [4.78, 5) is 0. The van der Waals surface area contributed by atoms with Gasteiger partial charge in [0.2, 0.25) is 7.28 Å². The van der Waals surface area contributed by atoms with Crippen LogP contribution in [0.1, 0.15) is 0 Å². The summed E-state index contributed by atoms with van der Waals surface area (Å²) in [6.07, 6.45) is 0. The second-order valence-electron chi connectivity index (χ2n) is 5.49. The SMILES string of the molecule is Fc1c(F)c(F)c([B]c2c(F)c(F)c3c(F)c(F)c(F)c(F)c3c2F)c(F)c1F. The van der Waals surface area contributed by atoms with E-state index in [1.807, 2.05) is 0 Å². The summed E-state index contributed by atoms with van der Waals surface area (Å²) >= 11 is 0. The van der Waals surface area contributed by atoms with Gasteiger partial charge in [0.25, 0.3) is 0 Å². The Balaban J connectivity index is 2.40. The highest BCUT2D eigenvalue weighted by Gasteiger charge is 2.33. The Bertz CT molecular complexity index is 1170. The second kappa shape index (κ2) is 6.88. The first-order valence-electron chi connectivity index (χ1n) is 7.10. The Morgan fingerprint density at radius 2 is 0.517 bits per heavy atom. The molecule has 0 saturated heterocycles. The Morgan fingerprint density at radius 3 is 0.966 bits per heavy atom. The highest BCUT2D eigenvalue weighted by molar-refractivity contribution is 6.68. The predicted octanol–water partition coefficient (Wildman–Crippen LogP) is 4.16. The van der Waals surface area contributed by atoms with E-state index in [1.165, 1.54) is 0 Å². The van der Waals surface area contributed by atoms with Gasteiger partial charge in [-0.1, -0.05) is 0 Å². The normalized spacial score (nSPS) is 11.4. The monoisotopic (exact) mass is 431 g/mol. The smallest absolute Gasteiger partial charge is 0.207 e. The number of hydrogen-bond donors (Lipinski definition) is 0. The van der Waals surface area contributed by atoms with Crippen molar-refractivity contribution < 1.29 is 52.7 Å². The first-order chi connectivity index (χ1) is 13.4. The molecule has 0 aromatic heterocycles. The van der Waals surface area contributed by atoms with E-state index in [4.69, 9.17) is 0 Å². The van der Waals surface area contributed by atoms with Crippen LogP contribution in [0.3, 0.4) is 0 Å². The lowest BCUT2D eigenvalue weighted by molar-refractivity contribution is 0.384. The quantitative estimate of drug-likeness (QED) is 0.248. The molecule has 3 aromatic rings. The van der Waals surface area contributed by atoms with Crippen LogP contribution in [0.2, 0.25) is 0 Å². The Morgan fingerprint density at radius 1 is 0.276 bits per heavy atom. The molecule has 0 amide bonds. The fourth-order valence-electron chi connectivity index (χ4n) is 2.52. The standard InChI is InChI=1S/C16BF12/c18-5-1-2(8(21)13(26)12(25)7(1)20)6(19)9(22)3(5)17-4-10(23)14(27)16(29)15(28)11(4)24. The minimum absolute atomic E-state index is 0.429. The van der Waals surface area contributed by atoms with Gasteiger partial charge in [0, 0.05) is 0 Å². The van der Waals surface area contributed by atoms with Crippen molar-refractivity contribution in [3.05, 3.63) is 69.8 Å². The predicted molar refractivity (Wildman–Crippen MR) is 74.9 cm³/mol. The van der Waals surface area contributed by atoms with Crippen LogP contribution in [0.4, 0.5) is 52.7 Å². The highest BCUT2D eigenvalue weighted by atomic mass is 19.2. The summed E-state index contributed by atoms with van der Waals surface area (Å²) < 4.78 is 163. The third kappa shape index (κ3) is 2.82. The maximum Gasteiger partial charge on any atom is 0.207 e. The topological polar surface area (TPSA) is 0 Å². The van der Waals surface area contributed by atoms with Crippen LogP contribution in [-0.4, -0.2) is 7.28 Å². The number of rotatable bonds is 2. The van der Waals surface area contributed by atoms with Crippen molar-refractivity contribution >= 4 is 29.0 Å². The van der Waals surface area contributed by atoms with Gasteiger partial charge in [-0.15, -0.1) is 0 Å². The molecule has 0 aliphatic heterocycles. The van der Waals surface area contributed by atoms with E-state index in [2.05, 4.69) is 0 Å². The molecule has 0 atom stereocenters. The van der Waals surface area contributed by atoms with Gasteiger partial charge in [0.15, 0.2) is 64.0 Å². The van der Waals surface area contributed by atoms with Gasteiger partial charge in [-0.2, -0.15) is 0 Å². The van der Waals surface area contributed by atoms with Crippen LogP contribution in [0.25, 0.3) is 10.8 Å². The third-order valence-corrected chi connectivity index (χ3v) is 3.90. The molecule has 3 aromatic carbocycles. The van der Waals surface area contributed by atoms with Gasteiger partial charge < -0.3 is 0 Å². The molecule has 0 nitrogen and oxygen atoms in total. The van der Waals surface area contributed by atoms with Crippen LogP contribution < -0.4 is 10.9 Å². The summed E-state index contributed by atoms with van der Waals surface area (Å²) in [5, 5.41) is -4.00. The molecule has 1 radical (unpaired) electrons. The molecule has 0 spiro atoms. The number of halogens is 12. The fourth-order valence-corrected chi connectivity index (χ4v) is 2.52. The van der Waals surface area contributed by atoms with Crippen LogP contribution in [-0.2, 0) is 0 Å². The average Bonchev–Trinajstić information content (AvgIpc) is 2.69. The molecule has 0 aliphatic carbocycles. The van der Waals surface area contributed by atoms with Crippen LogP contribution in [0.15, 0.2) is 0 Å². The molecule has 0 bridgehead atoms. The van der Waals surface area contributed by atoms with E-state index in [1.54, 1.807) is 0 Å². The summed E-state index contributed by atoms with van der Waals surface area (Å²) in [6, 6.07) is 0. The van der Waals surface area contributed by atoms with Gasteiger partial charge in [-0.3, -0.25) is 0 Å². The second-order valence-corrected chi connectivity index (χ2v) is 5.49. The molecule has 13 heteroatoms. The van der Waals surface area contributed by atoms with E-state index in [0.717, 1.165) is 0 Å². The lowest BCUT2D eigenvalue weighted by Gasteiger charge is -2.13. The number of fused-ring (bicyclic) bond motifs is 1. The number of hydrogen-bond acceptors (Lipinski definition) is 0. The minimum Gasteiger partial charge on any atom is -0.207 e. The van der Waals surface area contributed by atoms with E-state index in [-0.39, 0.29) is 0 Å². The maximum absolute atomic E-state index is 14.5. The molecule has 29 heavy (non-hydrogen) atoms. The largest absolute Gasteiger partial charge is 0.207 e. The van der Waals surface area contributed by atoms with Gasteiger partial charge >= 0.3 is 0 Å². The van der Waals surface area contributed by atoms with Crippen molar-refractivity contribution in [2.24, 2.45) is 0 Å². The Labute approximate surface area is 152 Å². The first-order valence-corrected chi connectivity index (χ1v) is 7.10. The highest BCUT2D eigenvalue weighted by Crippen LogP contribution is 2.31. The number of benzene rings is 3. The average molecular weight is 431 g/mol. The van der Waals surface area contributed by atoms with Gasteiger partial charge in [-0.25, -0.2) is 52.7 Å². The summed E-state index contributed by atoms with van der Waals surface area (Å²) in [7, 11) is -0.429. The Kier molecular flexibility index (Phi) is 4.95. The Hall–Kier alpha value is -2.86. The van der Waals surface area contributed by atoms with Crippen LogP contribution in [0.5, 0.6) is 0 Å². The van der Waals surface area contributed by atoms with Crippen LogP contribution in [0, 0.1) is 69.8 Å². The van der Waals surface area contributed by atoms with E-state index < -0.39 is 98.8 Å². The van der Waals surface area contributed by atoms with Crippen molar-refractivity contribution in [2.45, 2.75) is 0 Å². The van der Waals surface area contributed by atoms with Crippen molar-refractivity contribution in [3.8, 4) is 0 Å². The first kappa shape index (κ1) is 20.9. The van der Waals surface area contributed by atoms with Gasteiger partial charge in [0.1, 0.15) is 5.82 Å². The lowest BCUT2D eigenvalue weighted by atomic mass is 9.62. The molecule has 0 N–H and O–H groups in total. The third-order valence-electron chi connectivity index (χ3n) is 3.90. The molecular weight excluding hydrogens is 431 g/mol. The zero-order valence-electron chi connectivity index (χ0n) is 13.1. The van der Waals surface area contributed by atoms with Gasteiger partial charge in [0.05, 0.1) is 10.8 Å². The van der Waals surface area contributed by atoms with E-state index >= 15 is 0 Å². The van der Waals surface area contributed by atoms with Crippen molar-refractivity contribution in [2.75, 3.05) is 0 Å². The molecule has 0 aliphatic rings. The van der Waals surface area contributed by atoms with E-state index in [9.17, 15) is 52.7 Å². The zero-order chi connectivity index (χ0) is 21.9. The molecule has 151 valence electrons. The van der Waals surface area contributed by atoms with Crippen LogP contribution >= 0.6 is 0 Å². The lowest BCUT2D eigenvalue weighted by Crippen LogP contribution is -2.39. The summed E-state index contributed by atoms with van der Waals surface area (Å²) in [5.41, 5.74) is -3.90. The van der Waals surface area contributed by atoms with E-state index in [0.29, 0.717) is 0 Å². The molecule has 0 saturated carbocycles. The summed E-state index contributed by atoms with van der Waals surface area (Å²) in [5.74, 6) is -30.5. The zero-order valence-corrected chi connectivity index (χ0v) is 13.1. The molecule has 3 rings (SSSR count). The van der Waals surface area contributed by atoms with Crippen molar-refractivity contribution in [1.29, 1.82) is 0 Å². The molecular formula is C16BF12. The maximum atomic E-state index is 14.5. The summed E-state index contributed by atoms with van der Waals surface area (Å²) in [6.45, 7) is 0. The minimum atomic E-state index is -2.62. The molecule has 0 heterocycles. The fraction of sp³-hybridized carbons (Fsp3) is 0. The molecule has 0 unspecified atom stereocenters. The van der Waals surface area contributed by atoms with Crippen molar-refractivity contribution in [3.63, 3.8) is 0 Å².